The number of nitrogens with one attached hydrogen (secondary N) is 2. The highest BCUT2D eigenvalue weighted by molar-refractivity contribution is 6.42. The van der Waals surface area contributed by atoms with Gasteiger partial charge in [-0.25, -0.2) is 0 Å². The highest BCUT2D eigenvalue weighted by Gasteiger charge is 2.40. The number of rotatable bonds is 5. The van der Waals surface area contributed by atoms with E-state index in [2.05, 4.69) is 35.8 Å². The van der Waals surface area contributed by atoms with E-state index in [0.29, 0.717) is 28.1 Å². The van der Waals surface area contributed by atoms with Crippen molar-refractivity contribution in [2.24, 2.45) is 5.92 Å². The molecule has 3 nitrogen and oxygen atoms in total. The summed E-state index contributed by atoms with van der Waals surface area (Å²) in [5.41, 5.74) is 3.76. The minimum absolute atomic E-state index is 0.00305. The van der Waals surface area contributed by atoms with Crippen LogP contribution in [0, 0.1) is 5.92 Å². The van der Waals surface area contributed by atoms with Gasteiger partial charge >= 0.3 is 0 Å². The predicted octanol–water partition coefficient (Wildman–Crippen LogP) is 6.35. The first-order chi connectivity index (χ1) is 13.6. The third-order valence-electron chi connectivity index (χ3n) is 5.77. The van der Waals surface area contributed by atoms with Crippen LogP contribution in [0.15, 0.2) is 48.6 Å². The molecule has 4 rings (SSSR count). The van der Waals surface area contributed by atoms with Gasteiger partial charge in [-0.2, -0.15) is 0 Å². The Kier molecular flexibility index (Phi) is 5.65. The fourth-order valence-corrected chi connectivity index (χ4v) is 4.78. The molecule has 3 atom stereocenters. The average molecular weight is 415 g/mol. The van der Waals surface area contributed by atoms with Gasteiger partial charge in [0.15, 0.2) is 0 Å². The molecule has 1 heterocycles. The molecular formula is C23H24Cl2N2O. The van der Waals surface area contributed by atoms with Crippen LogP contribution in [-0.2, 0) is 0 Å². The van der Waals surface area contributed by atoms with Crippen LogP contribution in [0.25, 0.3) is 0 Å². The number of halogens is 2. The lowest BCUT2D eigenvalue weighted by atomic mass is 9.76. The van der Waals surface area contributed by atoms with E-state index in [4.69, 9.17) is 23.2 Å². The van der Waals surface area contributed by atoms with Gasteiger partial charge in [-0.1, -0.05) is 73.0 Å². The first-order valence-corrected chi connectivity index (χ1v) is 10.7. The van der Waals surface area contributed by atoms with E-state index in [1.807, 2.05) is 24.3 Å². The largest absolute Gasteiger partial charge is 0.377 e. The lowest BCUT2D eigenvalue weighted by Crippen LogP contribution is -2.32. The fourth-order valence-electron chi connectivity index (χ4n) is 4.35. The average Bonchev–Trinajstić information content (AvgIpc) is 3.19. The lowest BCUT2D eigenvalue weighted by Gasteiger charge is -2.38. The van der Waals surface area contributed by atoms with Gasteiger partial charge in [0.1, 0.15) is 0 Å². The maximum absolute atomic E-state index is 12.8. The maximum atomic E-state index is 12.8. The quantitative estimate of drug-likeness (QED) is 0.441. The van der Waals surface area contributed by atoms with Gasteiger partial charge in [-0.05, 0) is 42.0 Å². The Morgan fingerprint density at radius 2 is 1.96 bits per heavy atom. The molecule has 0 spiro atoms. The number of para-hydroxylation sites is 1. The molecule has 2 N–H and O–H groups in total. The molecule has 2 aliphatic rings. The van der Waals surface area contributed by atoms with E-state index in [1.54, 1.807) is 6.07 Å². The zero-order valence-electron chi connectivity index (χ0n) is 15.8. The van der Waals surface area contributed by atoms with Crippen LogP contribution in [0.2, 0.25) is 10.0 Å². The molecule has 2 aromatic carbocycles. The van der Waals surface area contributed by atoms with Crippen molar-refractivity contribution in [3.63, 3.8) is 0 Å². The van der Waals surface area contributed by atoms with Gasteiger partial charge in [0.05, 0.1) is 27.3 Å². The second-order valence-corrected chi connectivity index (χ2v) is 8.28. The van der Waals surface area contributed by atoms with E-state index in [9.17, 15) is 4.79 Å². The number of benzene rings is 2. The minimum Gasteiger partial charge on any atom is -0.377 e. The van der Waals surface area contributed by atoms with E-state index in [-0.39, 0.29) is 17.9 Å². The van der Waals surface area contributed by atoms with Gasteiger partial charge in [-0.15, -0.1) is 0 Å². The number of fused-ring (bicyclic) bond motifs is 3. The molecule has 28 heavy (non-hydrogen) atoms. The summed E-state index contributed by atoms with van der Waals surface area (Å²) in [6, 6.07) is 11.8. The lowest BCUT2D eigenvalue weighted by molar-refractivity contribution is 0.0953. The summed E-state index contributed by atoms with van der Waals surface area (Å²) in [6.07, 6.45) is 7.48. The number of carbonyl (C=O) groups is 1. The van der Waals surface area contributed by atoms with Crippen LogP contribution in [-0.4, -0.2) is 12.5 Å². The number of carbonyl (C=O) groups excluding carboxylic acids is 1. The Bertz CT molecular complexity index is 925. The smallest absolute Gasteiger partial charge is 0.253 e. The second kappa shape index (κ2) is 8.18. The Morgan fingerprint density at radius 1 is 1.18 bits per heavy atom. The van der Waals surface area contributed by atoms with Gasteiger partial charge in [0, 0.05) is 12.5 Å². The van der Waals surface area contributed by atoms with Crippen molar-refractivity contribution >= 4 is 34.8 Å². The third-order valence-corrected chi connectivity index (χ3v) is 6.61. The molecule has 3 unspecified atom stereocenters. The first kappa shape index (κ1) is 19.4. The molecule has 0 saturated carbocycles. The standard InChI is InChI=1S/C23H24Cl2N2O/c1-2-3-13-26-23(28)18-11-5-9-16-14-7-4-8-15(14)21(27-22(16)18)17-10-6-12-19(24)20(17)25/h4-7,9-12,14-15,21,27H,2-3,8,13H2,1H3,(H,26,28). The van der Waals surface area contributed by atoms with Crippen LogP contribution in [0.4, 0.5) is 5.69 Å². The van der Waals surface area contributed by atoms with Crippen LogP contribution >= 0.6 is 23.2 Å². The molecular weight excluding hydrogens is 391 g/mol. The van der Waals surface area contributed by atoms with Gasteiger partial charge < -0.3 is 10.6 Å². The predicted molar refractivity (Wildman–Crippen MR) is 116 cm³/mol. The van der Waals surface area contributed by atoms with Crippen molar-refractivity contribution in [1.82, 2.24) is 5.32 Å². The third kappa shape index (κ3) is 3.42. The molecule has 146 valence electrons. The number of unbranched alkanes of at least 4 members (excludes halogenated alkanes) is 1. The Balaban J connectivity index is 1.74. The van der Waals surface area contributed by atoms with Crippen LogP contribution in [0.5, 0.6) is 0 Å². The zero-order valence-corrected chi connectivity index (χ0v) is 17.4. The molecule has 0 saturated heterocycles. The molecule has 0 aromatic heterocycles. The van der Waals surface area contributed by atoms with Crippen LogP contribution < -0.4 is 10.6 Å². The van der Waals surface area contributed by atoms with Gasteiger partial charge in [0.2, 0.25) is 0 Å². The summed E-state index contributed by atoms with van der Waals surface area (Å²) in [5, 5.41) is 7.83. The Hall–Kier alpha value is -1.97. The minimum atomic E-state index is -0.0332. The molecule has 1 amide bonds. The highest BCUT2D eigenvalue weighted by Crippen LogP contribution is 2.52. The van der Waals surface area contributed by atoms with Crippen molar-refractivity contribution < 1.29 is 4.79 Å². The summed E-state index contributed by atoms with van der Waals surface area (Å²) in [7, 11) is 0. The summed E-state index contributed by atoms with van der Waals surface area (Å²) >= 11 is 12.8. The fraction of sp³-hybridized carbons (Fsp3) is 0.348. The van der Waals surface area contributed by atoms with Crippen molar-refractivity contribution in [1.29, 1.82) is 0 Å². The molecule has 0 fully saturated rings. The van der Waals surface area contributed by atoms with Crippen molar-refractivity contribution in [2.75, 3.05) is 11.9 Å². The summed E-state index contributed by atoms with van der Waals surface area (Å²) in [6.45, 7) is 2.80. The van der Waals surface area contributed by atoms with Crippen LogP contribution in [0.3, 0.4) is 0 Å². The normalized spacial score (nSPS) is 22.3. The molecule has 5 heteroatoms. The summed E-state index contributed by atoms with van der Waals surface area (Å²) in [5.74, 6) is 0.579. The summed E-state index contributed by atoms with van der Waals surface area (Å²) < 4.78 is 0. The maximum Gasteiger partial charge on any atom is 0.253 e. The Morgan fingerprint density at radius 3 is 2.79 bits per heavy atom. The molecule has 0 bridgehead atoms. The van der Waals surface area contributed by atoms with Gasteiger partial charge in [0.25, 0.3) is 5.91 Å². The van der Waals surface area contributed by atoms with Gasteiger partial charge in [-0.3, -0.25) is 4.79 Å². The Labute approximate surface area is 176 Å². The number of hydrogen-bond donors (Lipinski definition) is 2. The van der Waals surface area contributed by atoms with Crippen molar-refractivity contribution in [3.8, 4) is 0 Å². The molecule has 1 aliphatic heterocycles. The van der Waals surface area contributed by atoms with Crippen LogP contribution in [0.1, 0.15) is 59.6 Å². The van der Waals surface area contributed by atoms with E-state index in [1.165, 1.54) is 5.56 Å². The molecule has 0 radical (unpaired) electrons. The van der Waals surface area contributed by atoms with Crippen molar-refractivity contribution in [3.05, 3.63) is 75.3 Å². The SMILES string of the molecule is CCCCNC(=O)c1cccc2c1NC(c1cccc(Cl)c1Cl)C1CC=CC21. The number of hydrogen-bond acceptors (Lipinski definition) is 2. The molecule has 1 aliphatic carbocycles. The van der Waals surface area contributed by atoms with E-state index >= 15 is 0 Å². The van der Waals surface area contributed by atoms with E-state index < -0.39 is 0 Å². The molecule has 2 aromatic rings. The monoisotopic (exact) mass is 414 g/mol. The zero-order chi connectivity index (χ0) is 19.7. The topological polar surface area (TPSA) is 41.1 Å². The van der Waals surface area contributed by atoms with E-state index in [0.717, 1.165) is 30.5 Å². The van der Waals surface area contributed by atoms with Crippen molar-refractivity contribution in [2.45, 2.75) is 38.1 Å². The first-order valence-electron chi connectivity index (χ1n) is 9.90. The summed E-state index contributed by atoms with van der Waals surface area (Å²) in [4.78, 5) is 12.8. The number of anilines is 1. The number of amides is 1. The number of allylic oxidation sites excluding steroid dienone is 2. The highest BCUT2D eigenvalue weighted by atomic mass is 35.5. The second-order valence-electron chi connectivity index (χ2n) is 7.50.